The van der Waals surface area contributed by atoms with E-state index in [1.807, 2.05) is 12.1 Å². The van der Waals surface area contributed by atoms with E-state index in [1.165, 1.54) is 11.1 Å². The van der Waals surface area contributed by atoms with E-state index in [1.54, 1.807) is 6.26 Å². The van der Waals surface area contributed by atoms with Gasteiger partial charge in [-0.3, -0.25) is 0 Å². The summed E-state index contributed by atoms with van der Waals surface area (Å²) in [5, 5.41) is 12.5. The molecule has 0 spiro atoms. The van der Waals surface area contributed by atoms with Crippen molar-refractivity contribution in [2.45, 2.75) is 44.1 Å². The normalized spacial score (nSPS) is 29.1. The fourth-order valence-corrected chi connectivity index (χ4v) is 5.33. The summed E-state index contributed by atoms with van der Waals surface area (Å²) in [6, 6.07) is 12.5. The van der Waals surface area contributed by atoms with Crippen LogP contribution in [-0.2, 0) is 6.42 Å². The highest BCUT2D eigenvalue weighted by Crippen LogP contribution is 2.47. The van der Waals surface area contributed by atoms with Crippen molar-refractivity contribution < 1.29 is 9.52 Å². The number of rotatable bonds is 5. The lowest BCUT2D eigenvalue weighted by molar-refractivity contribution is -0.0521. The van der Waals surface area contributed by atoms with Gasteiger partial charge in [0.05, 0.1) is 17.8 Å². The zero-order valence-electron chi connectivity index (χ0n) is 18.5. The van der Waals surface area contributed by atoms with Crippen molar-refractivity contribution in [1.82, 2.24) is 9.80 Å². The third-order valence-corrected chi connectivity index (χ3v) is 7.18. The first-order valence-electron chi connectivity index (χ1n) is 11.4. The van der Waals surface area contributed by atoms with E-state index in [2.05, 4.69) is 54.6 Å². The largest absolute Gasteiger partial charge is 0.469 e. The molecule has 1 aliphatic carbocycles. The summed E-state index contributed by atoms with van der Waals surface area (Å²) in [5.41, 5.74) is 2.61. The van der Waals surface area contributed by atoms with Gasteiger partial charge in [0.1, 0.15) is 5.76 Å². The molecule has 0 radical (unpaired) electrons. The number of nitrogens with zero attached hydrogens (tertiary/aromatic N) is 2. The molecule has 2 fully saturated rings. The second-order valence-corrected chi connectivity index (χ2v) is 9.45. The van der Waals surface area contributed by atoms with Crippen LogP contribution in [0, 0.1) is 12.8 Å². The Labute approximate surface area is 181 Å². The first-order valence-corrected chi connectivity index (χ1v) is 11.4. The molecule has 2 heterocycles. The molecule has 0 amide bonds. The Balaban J connectivity index is 1.68. The second-order valence-electron chi connectivity index (χ2n) is 9.45. The molecule has 1 aromatic heterocycles. The summed E-state index contributed by atoms with van der Waals surface area (Å²) in [7, 11) is 2.19. The Bertz CT molecular complexity index is 821. The molecule has 1 saturated heterocycles. The van der Waals surface area contributed by atoms with E-state index in [4.69, 9.17) is 4.42 Å². The lowest BCUT2D eigenvalue weighted by atomic mass is 9.69. The molecule has 4 heteroatoms. The van der Waals surface area contributed by atoms with Gasteiger partial charge in [-0.1, -0.05) is 42.0 Å². The van der Waals surface area contributed by atoms with Crippen LogP contribution in [0.5, 0.6) is 0 Å². The van der Waals surface area contributed by atoms with Crippen molar-refractivity contribution in [1.29, 1.82) is 0 Å². The van der Waals surface area contributed by atoms with Crippen LogP contribution in [0.3, 0.4) is 0 Å². The summed E-state index contributed by atoms with van der Waals surface area (Å²) in [6.07, 6.45) is 5.38. The Morgan fingerprint density at radius 3 is 2.53 bits per heavy atom. The molecule has 2 aliphatic rings. The quantitative estimate of drug-likeness (QED) is 0.593. The molecule has 4 rings (SSSR count). The van der Waals surface area contributed by atoms with Gasteiger partial charge >= 0.3 is 0 Å². The van der Waals surface area contributed by atoms with E-state index in [0.29, 0.717) is 6.42 Å². The zero-order valence-corrected chi connectivity index (χ0v) is 18.5. The highest BCUT2D eigenvalue weighted by Gasteiger charge is 2.48. The second kappa shape index (κ2) is 9.09. The van der Waals surface area contributed by atoms with Gasteiger partial charge in [-0.05, 0) is 50.9 Å². The number of benzene rings is 1. The number of aryl methyl sites for hydroxylation is 1. The van der Waals surface area contributed by atoms with Crippen molar-refractivity contribution in [3.63, 3.8) is 0 Å². The summed E-state index contributed by atoms with van der Waals surface area (Å²) >= 11 is 0. The summed E-state index contributed by atoms with van der Waals surface area (Å²) in [5.74, 6) is 0.852. The van der Waals surface area contributed by atoms with Gasteiger partial charge < -0.3 is 19.3 Å². The molecule has 1 N–H and O–H groups in total. The molecule has 30 heavy (non-hydrogen) atoms. The minimum absolute atomic E-state index is 0.172. The maximum Gasteiger partial charge on any atom is 0.113 e. The Morgan fingerprint density at radius 2 is 1.87 bits per heavy atom. The van der Waals surface area contributed by atoms with Gasteiger partial charge in [0, 0.05) is 45.1 Å². The molecule has 0 bridgehead atoms. The van der Waals surface area contributed by atoms with Gasteiger partial charge in [0.2, 0.25) is 0 Å². The average Bonchev–Trinajstić information content (AvgIpc) is 3.21. The molecule has 2 aromatic rings. The van der Waals surface area contributed by atoms with E-state index in [9.17, 15) is 5.11 Å². The van der Waals surface area contributed by atoms with Crippen LogP contribution >= 0.6 is 0 Å². The summed E-state index contributed by atoms with van der Waals surface area (Å²) < 4.78 is 5.86. The first-order chi connectivity index (χ1) is 14.5. The van der Waals surface area contributed by atoms with Crippen LogP contribution < -0.4 is 0 Å². The third-order valence-electron chi connectivity index (χ3n) is 7.18. The van der Waals surface area contributed by atoms with Gasteiger partial charge in [0.15, 0.2) is 0 Å². The van der Waals surface area contributed by atoms with Gasteiger partial charge in [-0.2, -0.15) is 0 Å². The van der Waals surface area contributed by atoms with Crippen LogP contribution in [0.25, 0.3) is 0 Å². The maximum absolute atomic E-state index is 12.5. The van der Waals surface area contributed by atoms with Crippen LogP contribution in [0.1, 0.15) is 42.1 Å². The standard InChI is InChI=1S/C26H36N2O2/c1-20-9-11-22(12-10-20)18-26(29)23(19-28-15-13-27(3)14-16-28)7-4-6-21(2)25(26)24-8-5-17-30-24/h5,8-12,17,23,25,29H,2,4,6-7,13-16,18-19H2,1,3H3. The Morgan fingerprint density at radius 1 is 1.13 bits per heavy atom. The summed E-state index contributed by atoms with van der Waals surface area (Å²) in [6.45, 7) is 11.8. The van der Waals surface area contributed by atoms with Gasteiger partial charge in [-0.15, -0.1) is 0 Å². The lowest BCUT2D eigenvalue weighted by Gasteiger charge is -2.44. The van der Waals surface area contributed by atoms with Crippen molar-refractivity contribution in [3.05, 3.63) is 71.7 Å². The van der Waals surface area contributed by atoms with Crippen molar-refractivity contribution in [2.24, 2.45) is 5.92 Å². The predicted octanol–water partition coefficient (Wildman–Crippen LogP) is 4.25. The third kappa shape index (κ3) is 4.56. The predicted molar refractivity (Wildman–Crippen MR) is 122 cm³/mol. The maximum atomic E-state index is 12.5. The smallest absolute Gasteiger partial charge is 0.113 e. The topological polar surface area (TPSA) is 39.9 Å². The number of hydrogen-bond donors (Lipinski definition) is 1. The van der Waals surface area contributed by atoms with Crippen molar-refractivity contribution >= 4 is 0 Å². The van der Waals surface area contributed by atoms with Crippen molar-refractivity contribution in [3.8, 4) is 0 Å². The molecule has 1 aromatic carbocycles. The van der Waals surface area contributed by atoms with Crippen LogP contribution in [0.4, 0.5) is 0 Å². The van der Waals surface area contributed by atoms with E-state index in [-0.39, 0.29) is 11.8 Å². The number of hydrogen-bond acceptors (Lipinski definition) is 4. The van der Waals surface area contributed by atoms with Crippen LogP contribution in [0.15, 0.2) is 59.2 Å². The van der Waals surface area contributed by atoms with E-state index >= 15 is 0 Å². The number of piperazine rings is 1. The molecule has 162 valence electrons. The van der Waals surface area contributed by atoms with E-state index in [0.717, 1.165) is 63.3 Å². The lowest BCUT2D eigenvalue weighted by Crippen LogP contribution is -2.53. The SMILES string of the molecule is C=C1CCCC(CN2CCN(C)CC2)C(O)(Cc2ccc(C)cc2)C1c1ccco1. The number of furan rings is 1. The monoisotopic (exact) mass is 408 g/mol. The van der Waals surface area contributed by atoms with Gasteiger partial charge in [0.25, 0.3) is 0 Å². The van der Waals surface area contributed by atoms with Crippen LogP contribution in [0.2, 0.25) is 0 Å². The highest BCUT2D eigenvalue weighted by molar-refractivity contribution is 5.31. The molecule has 1 aliphatic heterocycles. The highest BCUT2D eigenvalue weighted by atomic mass is 16.3. The molecule has 4 nitrogen and oxygen atoms in total. The Kier molecular flexibility index (Phi) is 6.47. The average molecular weight is 409 g/mol. The fourth-order valence-electron chi connectivity index (χ4n) is 5.33. The molecular formula is C26H36N2O2. The first kappa shape index (κ1) is 21.4. The zero-order chi connectivity index (χ0) is 21.1. The summed E-state index contributed by atoms with van der Waals surface area (Å²) in [4.78, 5) is 4.92. The molecule has 3 unspecified atom stereocenters. The van der Waals surface area contributed by atoms with Gasteiger partial charge in [-0.25, -0.2) is 0 Å². The molecule has 3 atom stereocenters. The Hall–Kier alpha value is -1.88. The molecule has 1 saturated carbocycles. The fraction of sp³-hybridized carbons (Fsp3) is 0.538. The number of aliphatic hydroxyl groups is 1. The minimum Gasteiger partial charge on any atom is -0.469 e. The van der Waals surface area contributed by atoms with Crippen LogP contribution in [-0.4, -0.2) is 60.3 Å². The number of likely N-dealkylation sites (N-methyl/N-ethyl adjacent to an activating group) is 1. The molecular weight excluding hydrogens is 372 g/mol. The van der Waals surface area contributed by atoms with Crippen molar-refractivity contribution in [2.75, 3.05) is 39.8 Å². The van der Waals surface area contributed by atoms with E-state index < -0.39 is 5.60 Å². The minimum atomic E-state index is -0.913.